The largest absolute Gasteiger partial charge is 0.512 e. The van der Waals surface area contributed by atoms with Gasteiger partial charge in [0.2, 0.25) is 0 Å². The molecule has 2 aromatic carbocycles. The van der Waals surface area contributed by atoms with Gasteiger partial charge in [-0.05, 0) is 74.2 Å². The molecule has 0 heterocycles. The van der Waals surface area contributed by atoms with Crippen LogP contribution in [0.1, 0.15) is 71.6 Å². The van der Waals surface area contributed by atoms with Crippen LogP contribution in [-0.4, -0.2) is 21.8 Å². The lowest BCUT2D eigenvalue weighted by Gasteiger charge is -2.37. The van der Waals surface area contributed by atoms with E-state index >= 15 is 0 Å². The summed E-state index contributed by atoms with van der Waals surface area (Å²) in [5.41, 5.74) is 0.484. The van der Waals surface area contributed by atoms with Gasteiger partial charge in [-0.1, -0.05) is 46.0 Å². The fourth-order valence-electron chi connectivity index (χ4n) is 4.16. The van der Waals surface area contributed by atoms with Crippen LogP contribution in [0.5, 0.6) is 23.0 Å². The monoisotopic (exact) mass is 456 g/mol. The van der Waals surface area contributed by atoms with Crippen LogP contribution >= 0.6 is 0 Å². The molecule has 0 spiro atoms. The summed E-state index contributed by atoms with van der Waals surface area (Å²) in [7, 11) is -2.51. The lowest BCUT2D eigenvalue weighted by atomic mass is 10.0. The van der Waals surface area contributed by atoms with Gasteiger partial charge in [0.1, 0.15) is 23.0 Å². The molecule has 0 aromatic heterocycles. The van der Waals surface area contributed by atoms with Gasteiger partial charge in [-0.2, -0.15) is 0 Å². The van der Waals surface area contributed by atoms with Gasteiger partial charge in [-0.3, -0.25) is 0 Å². The van der Waals surface area contributed by atoms with Crippen LogP contribution in [0.3, 0.4) is 0 Å². The first-order chi connectivity index (χ1) is 15.6. The number of benzene rings is 2. The zero-order valence-electron chi connectivity index (χ0n) is 20.1. The molecule has 5 heteroatoms. The topological polar surface area (TPSA) is 36.9 Å². The third-order valence-corrected chi connectivity index (χ3v) is 9.51. The van der Waals surface area contributed by atoms with Crippen molar-refractivity contribution in [2.45, 2.75) is 83.7 Å². The molecule has 0 atom stereocenters. The van der Waals surface area contributed by atoms with Crippen LogP contribution in [0.4, 0.5) is 0 Å². The minimum absolute atomic E-state index is 0.484. The van der Waals surface area contributed by atoms with E-state index in [2.05, 4.69) is 20.4 Å². The lowest BCUT2D eigenvalue weighted by molar-refractivity contribution is 0.307. The van der Waals surface area contributed by atoms with E-state index < -0.39 is 8.56 Å². The van der Waals surface area contributed by atoms with Crippen molar-refractivity contribution in [3.8, 4) is 23.0 Å². The molecule has 2 aromatic rings. The third kappa shape index (κ3) is 7.47. The number of hydrogen-bond donors (Lipinski definition) is 0. The number of hydrogen-bond acceptors (Lipinski definition) is 4. The van der Waals surface area contributed by atoms with Crippen LogP contribution in [0.15, 0.2) is 48.5 Å². The highest BCUT2D eigenvalue weighted by molar-refractivity contribution is 6.69. The van der Waals surface area contributed by atoms with Crippen molar-refractivity contribution in [3.05, 3.63) is 48.5 Å². The molecule has 0 radical (unpaired) electrons. The number of rotatable bonds is 13. The Hall–Kier alpha value is -2.14. The number of unbranched alkanes of at least 4 members (excludes halogenated alkanes) is 2. The average molecular weight is 457 g/mol. The molecule has 4 nitrogen and oxygen atoms in total. The zero-order valence-corrected chi connectivity index (χ0v) is 21.1. The maximum atomic E-state index is 6.67. The van der Waals surface area contributed by atoms with Gasteiger partial charge in [0.15, 0.2) is 0 Å². The second-order valence-electron chi connectivity index (χ2n) is 8.90. The van der Waals surface area contributed by atoms with Crippen molar-refractivity contribution in [3.63, 3.8) is 0 Å². The van der Waals surface area contributed by atoms with Gasteiger partial charge >= 0.3 is 8.56 Å². The highest BCUT2D eigenvalue weighted by Gasteiger charge is 2.45. The fraction of sp³-hybridized carbons (Fsp3) is 0.556. The summed E-state index contributed by atoms with van der Waals surface area (Å²) < 4.78 is 24.9. The van der Waals surface area contributed by atoms with E-state index in [1.807, 2.05) is 48.5 Å². The van der Waals surface area contributed by atoms with Crippen LogP contribution < -0.4 is 18.3 Å². The molecule has 176 valence electrons. The first-order valence-electron chi connectivity index (χ1n) is 12.5. The Balaban J connectivity index is 1.68. The summed E-state index contributed by atoms with van der Waals surface area (Å²) in [6, 6.07) is 16.1. The zero-order chi connectivity index (χ0) is 22.7. The van der Waals surface area contributed by atoms with Crippen LogP contribution in [0.25, 0.3) is 0 Å². The maximum Gasteiger partial charge on any atom is 0.460 e. The van der Waals surface area contributed by atoms with E-state index in [0.717, 1.165) is 61.9 Å². The molecule has 0 bridgehead atoms. The molecule has 1 fully saturated rings. The van der Waals surface area contributed by atoms with Gasteiger partial charge in [-0.15, -0.1) is 0 Å². The standard InChI is InChI=1S/C27H40O4Si/c1-4-6-21-28-23-13-17-25(18-14-23)30-32(3,27-11-9-8-10-12-27)31-26-19-15-24(16-20-26)29-22-7-5-2/h13-20,27H,4-12,21-22H2,1-3H3. The van der Waals surface area contributed by atoms with E-state index in [9.17, 15) is 0 Å². The first-order valence-corrected chi connectivity index (χ1v) is 14.9. The van der Waals surface area contributed by atoms with E-state index in [1.54, 1.807) is 0 Å². The van der Waals surface area contributed by atoms with Crippen LogP contribution in [0.2, 0.25) is 12.1 Å². The molecule has 3 rings (SSSR count). The predicted octanol–water partition coefficient (Wildman–Crippen LogP) is 7.91. The minimum Gasteiger partial charge on any atom is -0.512 e. The first kappa shape index (κ1) is 24.5. The maximum absolute atomic E-state index is 6.67. The van der Waals surface area contributed by atoms with Crippen LogP contribution in [-0.2, 0) is 0 Å². The van der Waals surface area contributed by atoms with Gasteiger partial charge in [0, 0.05) is 12.1 Å². The minimum atomic E-state index is -2.51. The summed E-state index contributed by atoms with van der Waals surface area (Å²) in [4.78, 5) is 0. The summed E-state index contributed by atoms with van der Waals surface area (Å²) in [5, 5.41) is 0. The second kappa shape index (κ2) is 12.8. The Morgan fingerprint density at radius 2 is 1.06 bits per heavy atom. The van der Waals surface area contributed by atoms with E-state index in [1.165, 1.54) is 32.1 Å². The van der Waals surface area contributed by atoms with Crippen LogP contribution in [0, 0.1) is 0 Å². The summed E-state index contributed by atoms with van der Waals surface area (Å²) in [5.74, 6) is 3.53. The second-order valence-corrected chi connectivity index (χ2v) is 12.2. The van der Waals surface area contributed by atoms with Crippen molar-refractivity contribution in [1.29, 1.82) is 0 Å². The third-order valence-electron chi connectivity index (χ3n) is 6.17. The normalized spacial score (nSPS) is 14.7. The van der Waals surface area contributed by atoms with Gasteiger partial charge in [0.05, 0.1) is 13.2 Å². The summed E-state index contributed by atoms with van der Waals surface area (Å²) >= 11 is 0. The average Bonchev–Trinajstić information content (AvgIpc) is 2.82. The van der Waals surface area contributed by atoms with Crippen molar-refractivity contribution < 1.29 is 18.3 Å². The Morgan fingerprint density at radius 3 is 1.47 bits per heavy atom. The Labute approximate surface area is 195 Å². The molecule has 0 N–H and O–H groups in total. The predicted molar refractivity (Wildman–Crippen MR) is 133 cm³/mol. The molecule has 32 heavy (non-hydrogen) atoms. The van der Waals surface area contributed by atoms with E-state index in [4.69, 9.17) is 18.3 Å². The van der Waals surface area contributed by atoms with E-state index in [0.29, 0.717) is 5.54 Å². The van der Waals surface area contributed by atoms with Gasteiger partial charge in [0.25, 0.3) is 0 Å². The number of ether oxygens (including phenoxy) is 2. The SMILES string of the molecule is CCCCOc1ccc(O[Si](C)(Oc2ccc(OCCCC)cc2)C2CCCCC2)cc1. The molecule has 0 unspecified atom stereocenters. The Bertz CT molecular complexity index is 714. The molecular weight excluding hydrogens is 416 g/mol. The highest BCUT2D eigenvalue weighted by Crippen LogP contribution is 2.39. The molecular formula is C27H40O4Si. The summed E-state index contributed by atoms with van der Waals surface area (Å²) in [6.45, 7) is 8.08. The fourth-order valence-corrected chi connectivity index (χ4v) is 7.20. The summed E-state index contributed by atoms with van der Waals surface area (Å²) in [6.07, 6.45) is 10.6. The molecule has 0 saturated heterocycles. The quantitative estimate of drug-likeness (QED) is 0.227. The smallest absolute Gasteiger partial charge is 0.460 e. The van der Waals surface area contributed by atoms with Gasteiger partial charge in [-0.25, -0.2) is 0 Å². The van der Waals surface area contributed by atoms with E-state index in [-0.39, 0.29) is 0 Å². The van der Waals surface area contributed by atoms with Crippen molar-refractivity contribution in [2.75, 3.05) is 13.2 Å². The molecule has 0 aliphatic heterocycles. The molecule has 0 amide bonds. The lowest BCUT2D eigenvalue weighted by Crippen LogP contribution is -2.50. The molecule has 1 aliphatic rings. The van der Waals surface area contributed by atoms with Gasteiger partial charge < -0.3 is 18.3 Å². The molecule has 1 aliphatic carbocycles. The Kier molecular flexibility index (Phi) is 9.79. The van der Waals surface area contributed by atoms with Crippen molar-refractivity contribution in [2.24, 2.45) is 0 Å². The molecule has 1 saturated carbocycles. The Morgan fingerprint density at radius 1 is 0.656 bits per heavy atom. The van der Waals surface area contributed by atoms with Crippen molar-refractivity contribution in [1.82, 2.24) is 0 Å². The van der Waals surface area contributed by atoms with Crippen molar-refractivity contribution >= 4 is 8.56 Å². The highest BCUT2D eigenvalue weighted by atomic mass is 28.4.